The maximum Gasteiger partial charge on any atom is 0.170 e. The van der Waals surface area contributed by atoms with Crippen LogP contribution in [-0.4, -0.2) is 16.0 Å². The molecule has 1 aromatic carbocycles. The Morgan fingerprint density at radius 3 is 2.48 bits per heavy atom. The Labute approximate surface area is 129 Å². The van der Waals surface area contributed by atoms with E-state index in [-0.39, 0.29) is 5.84 Å². The third kappa shape index (κ3) is 3.98. The standard InChI is InChI=1S/C16H19N3OS/c1-10(2)12-4-6-14(7-5-12)21-15-9-13(16(17)19-20)8-11(3)18-15/h4-10,20H,1-3H3,(H2,17,19). The van der Waals surface area contributed by atoms with Gasteiger partial charge in [-0.2, -0.15) is 0 Å². The predicted octanol–water partition coefficient (Wildman–Crippen LogP) is 3.76. The Morgan fingerprint density at radius 1 is 1.24 bits per heavy atom. The Balaban J connectivity index is 2.25. The van der Waals surface area contributed by atoms with Gasteiger partial charge in [-0.3, -0.25) is 0 Å². The quantitative estimate of drug-likeness (QED) is 0.390. The molecule has 1 aromatic heterocycles. The number of pyridine rings is 1. The Kier molecular flexibility index (Phi) is 4.85. The summed E-state index contributed by atoms with van der Waals surface area (Å²) in [5.41, 5.74) is 8.46. The van der Waals surface area contributed by atoms with Crippen molar-refractivity contribution in [2.45, 2.75) is 36.6 Å². The fourth-order valence-corrected chi connectivity index (χ4v) is 2.83. The fraction of sp³-hybridized carbons (Fsp3) is 0.250. The summed E-state index contributed by atoms with van der Waals surface area (Å²) < 4.78 is 0. The molecule has 0 atom stereocenters. The van der Waals surface area contributed by atoms with Gasteiger partial charge < -0.3 is 10.9 Å². The summed E-state index contributed by atoms with van der Waals surface area (Å²) in [6.07, 6.45) is 0. The van der Waals surface area contributed by atoms with E-state index in [1.165, 1.54) is 5.56 Å². The Bertz CT molecular complexity index is 651. The summed E-state index contributed by atoms with van der Waals surface area (Å²) in [7, 11) is 0. The van der Waals surface area contributed by atoms with Crippen molar-refractivity contribution < 1.29 is 5.21 Å². The van der Waals surface area contributed by atoms with E-state index < -0.39 is 0 Å². The zero-order valence-electron chi connectivity index (χ0n) is 12.4. The molecule has 2 rings (SSSR count). The molecule has 0 spiro atoms. The molecule has 0 unspecified atom stereocenters. The fourth-order valence-electron chi connectivity index (χ4n) is 1.94. The van der Waals surface area contributed by atoms with Crippen molar-refractivity contribution in [3.05, 3.63) is 53.2 Å². The van der Waals surface area contributed by atoms with Gasteiger partial charge in [-0.05, 0) is 42.7 Å². The largest absolute Gasteiger partial charge is 0.409 e. The lowest BCUT2D eigenvalue weighted by Crippen LogP contribution is -2.13. The topological polar surface area (TPSA) is 71.5 Å². The average molecular weight is 301 g/mol. The molecule has 0 saturated carbocycles. The predicted molar refractivity (Wildman–Crippen MR) is 86.1 cm³/mol. The molecule has 4 nitrogen and oxygen atoms in total. The van der Waals surface area contributed by atoms with E-state index in [0.717, 1.165) is 15.6 Å². The highest BCUT2D eigenvalue weighted by Crippen LogP contribution is 2.28. The van der Waals surface area contributed by atoms with Crippen LogP contribution in [0.25, 0.3) is 0 Å². The van der Waals surface area contributed by atoms with Crippen LogP contribution < -0.4 is 5.73 Å². The normalized spacial score (nSPS) is 11.9. The summed E-state index contributed by atoms with van der Waals surface area (Å²) in [5, 5.41) is 12.6. The summed E-state index contributed by atoms with van der Waals surface area (Å²) >= 11 is 1.56. The van der Waals surface area contributed by atoms with Gasteiger partial charge in [-0.15, -0.1) is 0 Å². The van der Waals surface area contributed by atoms with Crippen molar-refractivity contribution in [1.82, 2.24) is 4.98 Å². The van der Waals surface area contributed by atoms with E-state index in [0.29, 0.717) is 11.5 Å². The van der Waals surface area contributed by atoms with Gasteiger partial charge in [0.15, 0.2) is 5.84 Å². The van der Waals surface area contributed by atoms with Crippen molar-refractivity contribution in [2.75, 3.05) is 0 Å². The maximum atomic E-state index is 8.78. The molecule has 0 amide bonds. The molecule has 0 radical (unpaired) electrons. The first kappa shape index (κ1) is 15.4. The molecule has 1 heterocycles. The highest BCUT2D eigenvalue weighted by Gasteiger charge is 2.06. The van der Waals surface area contributed by atoms with Gasteiger partial charge in [0.2, 0.25) is 0 Å². The molecule has 5 heteroatoms. The smallest absolute Gasteiger partial charge is 0.170 e. The first-order valence-electron chi connectivity index (χ1n) is 6.74. The lowest BCUT2D eigenvalue weighted by molar-refractivity contribution is 0.318. The van der Waals surface area contributed by atoms with Gasteiger partial charge in [0.1, 0.15) is 5.03 Å². The minimum absolute atomic E-state index is 0.0949. The minimum Gasteiger partial charge on any atom is -0.409 e. The van der Waals surface area contributed by atoms with Gasteiger partial charge in [0, 0.05) is 16.2 Å². The van der Waals surface area contributed by atoms with Crippen molar-refractivity contribution in [1.29, 1.82) is 0 Å². The van der Waals surface area contributed by atoms with Crippen LogP contribution in [0.1, 0.15) is 36.6 Å². The molecule has 21 heavy (non-hydrogen) atoms. The molecule has 0 saturated heterocycles. The molecule has 0 fully saturated rings. The molecular weight excluding hydrogens is 282 g/mol. The second kappa shape index (κ2) is 6.63. The number of oxime groups is 1. The molecule has 0 aliphatic rings. The Morgan fingerprint density at radius 2 is 1.90 bits per heavy atom. The van der Waals surface area contributed by atoms with E-state index in [4.69, 9.17) is 10.9 Å². The van der Waals surface area contributed by atoms with Crippen LogP contribution in [0.2, 0.25) is 0 Å². The number of aromatic nitrogens is 1. The van der Waals surface area contributed by atoms with E-state index in [1.54, 1.807) is 17.8 Å². The number of amidine groups is 1. The SMILES string of the molecule is Cc1cc(/C(N)=N/O)cc(Sc2ccc(C(C)C)cc2)n1. The molecule has 0 bridgehead atoms. The number of nitrogens with two attached hydrogens (primary N) is 1. The van der Waals surface area contributed by atoms with E-state index >= 15 is 0 Å². The number of hydrogen-bond donors (Lipinski definition) is 2. The second-order valence-electron chi connectivity index (χ2n) is 5.15. The van der Waals surface area contributed by atoms with Gasteiger partial charge >= 0.3 is 0 Å². The van der Waals surface area contributed by atoms with Crippen molar-refractivity contribution >= 4 is 17.6 Å². The zero-order chi connectivity index (χ0) is 15.4. The van der Waals surface area contributed by atoms with E-state index in [2.05, 4.69) is 48.3 Å². The van der Waals surface area contributed by atoms with Crippen LogP contribution in [-0.2, 0) is 0 Å². The van der Waals surface area contributed by atoms with E-state index in [1.807, 2.05) is 13.0 Å². The second-order valence-corrected chi connectivity index (χ2v) is 6.24. The van der Waals surface area contributed by atoms with Gasteiger partial charge in [-0.1, -0.05) is 42.9 Å². The van der Waals surface area contributed by atoms with Gasteiger partial charge in [0.25, 0.3) is 0 Å². The average Bonchev–Trinajstić information content (AvgIpc) is 2.46. The van der Waals surface area contributed by atoms with Crippen LogP contribution in [0, 0.1) is 6.92 Å². The first-order valence-corrected chi connectivity index (χ1v) is 7.55. The molecule has 2 aromatic rings. The third-order valence-corrected chi connectivity index (χ3v) is 4.03. The Hall–Kier alpha value is -2.01. The number of aryl methyl sites for hydroxylation is 1. The highest BCUT2D eigenvalue weighted by molar-refractivity contribution is 7.99. The van der Waals surface area contributed by atoms with Crippen LogP contribution >= 0.6 is 11.8 Å². The molecule has 110 valence electrons. The summed E-state index contributed by atoms with van der Waals surface area (Å²) in [6, 6.07) is 12.1. The minimum atomic E-state index is 0.0949. The first-order chi connectivity index (χ1) is 9.99. The monoisotopic (exact) mass is 301 g/mol. The lowest BCUT2D eigenvalue weighted by atomic mass is 10.0. The van der Waals surface area contributed by atoms with Crippen LogP contribution in [0.5, 0.6) is 0 Å². The number of nitrogens with zero attached hydrogens (tertiary/aromatic N) is 2. The lowest BCUT2D eigenvalue weighted by Gasteiger charge is -2.08. The molecule has 3 N–H and O–H groups in total. The van der Waals surface area contributed by atoms with Crippen LogP contribution in [0.3, 0.4) is 0 Å². The highest BCUT2D eigenvalue weighted by atomic mass is 32.2. The number of benzene rings is 1. The number of rotatable bonds is 4. The summed E-state index contributed by atoms with van der Waals surface area (Å²) in [6.45, 7) is 6.24. The van der Waals surface area contributed by atoms with Gasteiger partial charge in [-0.25, -0.2) is 4.98 Å². The van der Waals surface area contributed by atoms with Crippen LogP contribution in [0.4, 0.5) is 0 Å². The molecule has 0 aliphatic heterocycles. The molecular formula is C16H19N3OS. The van der Waals surface area contributed by atoms with Crippen molar-refractivity contribution in [3.8, 4) is 0 Å². The maximum absolute atomic E-state index is 8.78. The molecule has 0 aliphatic carbocycles. The van der Waals surface area contributed by atoms with Gasteiger partial charge in [0.05, 0.1) is 0 Å². The summed E-state index contributed by atoms with van der Waals surface area (Å²) in [5.74, 6) is 0.616. The number of hydrogen-bond acceptors (Lipinski definition) is 4. The zero-order valence-corrected chi connectivity index (χ0v) is 13.2. The third-order valence-electron chi connectivity index (χ3n) is 3.10. The summed E-state index contributed by atoms with van der Waals surface area (Å²) in [4.78, 5) is 5.59. The van der Waals surface area contributed by atoms with Crippen molar-refractivity contribution in [3.63, 3.8) is 0 Å². The van der Waals surface area contributed by atoms with E-state index in [9.17, 15) is 0 Å². The van der Waals surface area contributed by atoms with Crippen molar-refractivity contribution in [2.24, 2.45) is 10.9 Å². The van der Waals surface area contributed by atoms with Crippen LogP contribution in [0.15, 0.2) is 51.5 Å².